The molecule has 1 aliphatic heterocycles. The molecule has 0 atom stereocenters. The summed E-state index contributed by atoms with van der Waals surface area (Å²) in [5.41, 5.74) is 3.91. The molecular weight excluding hydrogens is 396 g/mol. The van der Waals surface area contributed by atoms with Crippen molar-refractivity contribution in [2.75, 3.05) is 29.9 Å². The summed E-state index contributed by atoms with van der Waals surface area (Å²) in [4.78, 5) is 27.2. The molecule has 6 nitrogen and oxygen atoms in total. The van der Waals surface area contributed by atoms with Crippen LogP contribution in [-0.4, -0.2) is 51.1 Å². The second kappa shape index (κ2) is 9.17. The Kier molecular flexibility index (Phi) is 6.18. The summed E-state index contributed by atoms with van der Waals surface area (Å²) >= 11 is 1.88. The zero-order valence-electron chi connectivity index (χ0n) is 16.9. The molecule has 154 valence electrons. The van der Waals surface area contributed by atoms with E-state index in [4.69, 9.17) is 0 Å². The zero-order chi connectivity index (χ0) is 20.9. The highest BCUT2D eigenvalue weighted by Crippen LogP contribution is 2.20. The molecule has 7 heteroatoms. The van der Waals surface area contributed by atoms with Gasteiger partial charge in [0.2, 0.25) is 0 Å². The fourth-order valence-electron chi connectivity index (χ4n) is 3.42. The van der Waals surface area contributed by atoms with Crippen molar-refractivity contribution in [3.8, 4) is 0 Å². The van der Waals surface area contributed by atoms with Crippen LogP contribution in [0.15, 0.2) is 60.9 Å². The fourth-order valence-corrected chi connectivity index (χ4v) is 4.33. The molecule has 0 bridgehead atoms. The number of benzene rings is 2. The number of hydrogen-bond acceptors (Lipinski definition) is 4. The van der Waals surface area contributed by atoms with Gasteiger partial charge in [-0.1, -0.05) is 12.1 Å². The van der Waals surface area contributed by atoms with Gasteiger partial charge in [-0.25, -0.2) is 0 Å². The minimum absolute atomic E-state index is 0.0593. The van der Waals surface area contributed by atoms with Gasteiger partial charge in [0.25, 0.3) is 11.8 Å². The van der Waals surface area contributed by atoms with E-state index in [1.807, 2.05) is 76.9 Å². The third-order valence-electron chi connectivity index (χ3n) is 5.14. The average molecular weight is 421 g/mol. The lowest BCUT2D eigenvalue weighted by atomic mass is 10.1. The first-order chi connectivity index (χ1) is 14.6. The lowest BCUT2D eigenvalue weighted by Crippen LogP contribution is -2.37. The summed E-state index contributed by atoms with van der Waals surface area (Å²) in [5.74, 6) is 1.86. The van der Waals surface area contributed by atoms with Gasteiger partial charge in [-0.15, -0.1) is 0 Å². The first-order valence-corrected chi connectivity index (χ1v) is 11.1. The van der Waals surface area contributed by atoms with Crippen LogP contribution in [0.25, 0.3) is 0 Å². The van der Waals surface area contributed by atoms with E-state index >= 15 is 0 Å². The molecule has 2 heterocycles. The van der Waals surface area contributed by atoms with Crippen molar-refractivity contribution in [2.45, 2.75) is 13.5 Å². The van der Waals surface area contributed by atoms with E-state index in [0.717, 1.165) is 35.7 Å². The van der Waals surface area contributed by atoms with Crippen LogP contribution in [0.3, 0.4) is 0 Å². The number of hydrogen-bond donors (Lipinski definition) is 1. The van der Waals surface area contributed by atoms with E-state index in [2.05, 4.69) is 10.4 Å². The maximum absolute atomic E-state index is 12.7. The summed E-state index contributed by atoms with van der Waals surface area (Å²) in [6.45, 7) is 4.15. The van der Waals surface area contributed by atoms with Crippen molar-refractivity contribution in [2.24, 2.45) is 0 Å². The van der Waals surface area contributed by atoms with Crippen molar-refractivity contribution in [3.05, 3.63) is 83.2 Å². The molecule has 4 rings (SSSR count). The number of rotatable bonds is 5. The Balaban J connectivity index is 1.40. The standard InChI is InChI=1S/C23H24N4O2S/c1-17-15-20(23(29)26-11-13-30-14-12-26)7-8-21(17)25-22(28)19-5-3-18(4-6-19)16-27-10-2-9-24-27/h2-10,15H,11-14,16H2,1H3,(H,25,28). The van der Waals surface area contributed by atoms with Crippen molar-refractivity contribution in [1.82, 2.24) is 14.7 Å². The molecule has 0 unspecified atom stereocenters. The molecule has 0 aliphatic carbocycles. The monoisotopic (exact) mass is 420 g/mol. The van der Waals surface area contributed by atoms with Crippen LogP contribution in [0.2, 0.25) is 0 Å². The number of nitrogens with zero attached hydrogens (tertiary/aromatic N) is 3. The van der Waals surface area contributed by atoms with Crippen LogP contribution < -0.4 is 5.32 Å². The van der Waals surface area contributed by atoms with Crippen LogP contribution in [-0.2, 0) is 6.54 Å². The molecule has 3 aromatic rings. The molecule has 1 N–H and O–H groups in total. The molecule has 1 aromatic heterocycles. The van der Waals surface area contributed by atoms with Gasteiger partial charge in [-0.2, -0.15) is 16.9 Å². The SMILES string of the molecule is Cc1cc(C(=O)N2CCSCC2)ccc1NC(=O)c1ccc(Cn2cccn2)cc1. The number of thioether (sulfide) groups is 1. The summed E-state index contributed by atoms with van der Waals surface area (Å²) in [6, 6.07) is 14.8. The maximum atomic E-state index is 12.7. The molecule has 2 aromatic carbocycles. The molecule has 1 fully saturated rings. The number of aromatic nitrogens is 2. The van der Waals surface area contributed by atoms with Crippen LogP contribution >= 0.6 is 11.8 Å². The van der Waals surface area contributed by atoms with Gasteiger partial charge in [0.05, 0.1) is 6.54 Å². The second-order valence-electron chi connectivity index (χ2n) is 7.29. The molecule has 0 radical (unpaired) electrons. The number of anilines is 1. The Morgan fingerprint density at radius 3 is 2.47 bits per heavy atom. The maximum Gasteiger partial charge on any atom is 0.255 e. The van der Waals surface area contributed by atoms with E-state index in [0.29, 0.717) is 23.4 Å². The Morgan fingerprint density at radius 2 is 1.80 bits per heavy atom. The molecular formula is C23H24N4O2S. The number of aryl methyl sites for hydroxylation is 1. The van der Waals surface area contributed by atoms with E-state index < -0.39 is 0 Å². The molecule has 30 heavy (non-hydrogen) atoms. The summed E-state index contributed by atoms with van der Waals surface area (Å²) in [5, 5.41) is 7.15. The van der Waals surface area contributed by atoms with Crippen LogP contribution in [0.5, 0.6) is 0 Å². The van der Waals surface area contributed by atoms with E-state index in [-0.39, 0.29) is 11.8 Å². The zero-order valence-corrected chi connectivity index (χ0v) is 17.7. The highest BCUT2D eigenvalue weighted by atomic mass is 32.2. The predicted octanol–water partition coefficient (Wildman–Crippen LogP) is 3.68. The van der Waals surface area contributed by atoms with Crippen LogP contribution in [0.4, 0.5) is 5.69 Å². The third kappa shape index (κ3) is 4.74. The second-order valence-corrected chi connectivity index (χ2v) is 8.51. The van der Waals surface area contributed by atoms with Gasteiger partial charge in [0.1, 0.15) is 0 Å². The minimum atomic E-state index is -0.170. The molecule has 1 saturated heterocycles. The Labute approximate surface area is 180 Å². The topological polar surface area (TPSA) is 67.2 Å². The highest BCUT2D eigenvalue weighted by Gasteiger charge is 2.19. The summed E-state index contributed by atoms with van der Waals surface area (Å²) in [7, 11) is 0. The Morgan fingerprint density at radius 1 is 1.07 bits per heavy atom. The quantitative estimate of drug-likeness (QED) is 0.684. The smallest absolute Gasteiger partial charge is 0.255 e. The number of carbonyl (C=O) groups is 2. The van der Waals surface area contributed by atoms with Gasteiger partial charge in [0.15, 0.2) is 0 Å². The highest BCUT2D eigenvalue weighted by molar-refractivity contribution is 7.99. The van der Waals surface area contributed by atoms with Crippen LogP contribution in [0, 0.1) is 6.92 Å². The van der Waals surface area contributed by atoms with Crippen molar-refractivity contribution < 1.29 is 9.59 Å². The van der Waals surface area contributed by atoms with Gasteiger partial charge in [-0.3, -0.25) is 14.3 Å². The lowest BCUT2D eigenvalue weighted by molar-refractivity contribution is 0.0772. The molecule has 1 aliphatic rings. The van der Waals surface area contributed by atoms with E-state index in [1.165, 1.54) is 0 Å². The minimum Gasteiger partial charge on any atom is -0.337 e. The predicted molar refractivity (Wildman–Crippen MR) is 120 cm³/mol. The Bertz CT molecular complexity index is 1030. The van der Waals surface area contributed by atoms with E-state index in [9.17, 15) is 9.59 Å². The number of nitrogens with one attached hydrogen (secondary N) is 1. The molecule has 0 saturated carbocycles. The average Bonchev–Trinajstić information content (AvgIpc) is 3.29. The van der Waals surface area contributed by atoms with Gasteiger partial charge >= 0.3 is 0 Å². The van der Waals surface area contributed by atoms with Crippen molar-refractivity contribution in [3.63, 3.8) is 0 Å². The Hall–Kier alpha value is -3.06. The molecule has 2 amide bonds. The number of amides is 2. The van der Waals surface area contributed by atoms with Crippen molar-refractivity contribution >= 4 is 29.3 Å². The molecule has 0 spiro atoms. The summed E-state index contributed by atoms with van der Waals surface area (Å²) in [6.07, 6.45) is 3.65. The van der Waals surface area contributed by atoms with Gasteiger partial charge in [-0.05, 0) is 54.4 Å². The van der Waals surface area contributed by atoms with Gasteiger partial charge < -0.3 is 10.2 Å². The third-order valence-corrected chi connectivity index (χ3v) is 6.08. The first kappa shape index (κ1) is 20.2. The largest absolute Gasteiger partial charge is 0.337 e. The number of carbonyl (C=O) groups excluding carboxylic acids is 2. The van der Waals surface area contributed by atoms with Crippen LogP contribution in [0.1, 0.15) is 31.8 Å². The lowest BCUT2D eigenvalue weighted by Gasteiger charge is -2.26. The van der Waals surface area contributed by atoms with E-state index in [1.54, 1.807) is 12.3 Å². The van der Waals surface area contributed by atoms with Gasteiger partial charge in [0, 0.05) is 53.8 Å². The first-order valence-electron chi connectivity index (χ1n) is 9.95. The fraction of sp³-hybridized carbons (Fsp3) is 0.261. The normalized spacial score (nSPS) is 13.8. The summed E-state index contributed by atoms with van der Waals surface area (Å²) < 4.78 is 1.84. The van der Waals surface area contributed by atoms with Crippen molar-refractivity contribution in [1.29, 1.82) is 0 Å².